The zero-order valence-corrected chi connectivity index (χ0v) is 6.38. The summed E-state index contributed by atoms with van der Waals surface area (Å²) < 4.78 is 1.17. The maximum Gasteiger partial charge on any atom is 0.356 e. The van der Waals surface area contributed by atoms with Crippen molar-refractivity contribution in [3.8, 4) is 0 Å². The van der Waals surface area contributed by atoms with Gasteiger partial charge in [-0.3, -0.25) is 0 Å². The third-order valence-corrected chi connectivity index (χ3v) is 1.51. The molecule has 2 heterocycles. The molecule has 0 aliphatic carbocycles. The van der Waals surface area contributed by atoms with Gasteiger partial charge in [-0.25, -0.2) is 14.8 Å². The summed E-state index contributed by atoms with van der Waals surface area (Å²) in [5.74, 6) is -1.01. The number of aromatic nitrogens is 4. The lowest BCUT2D eigenvalue weighted by atomic mass is 10.4. The Labute approximate surface area is 71.8 Å². The SMILES string of the molecule is Nc1ncnc2cc(C(=O)O)nn12. The van der Waals surface area contributed by atoms with Gasteiger partial charge < -0.3 is 10.8 Å². The van der Waals surface area contributed by atoms with Gasteiger partial charge >= 0.3 is 5.97 Å². The first-order chi connectivity index (χ1) is 6.18. The molecule has 0 spiro atoms. The molecule has 0 bridgehead atoms. The van der Waals surface area contributed by atoms with Crippen molar-refractivity contribution in [2.75, 3.05) is 5.73 Å². The third kappa shape index (κ3) is 1.06. The normalized spacial score (nSPS) is 10.5. The monoisotopic (exact) mass is 179 g/mol. The van der Waals surface area contributed by atoms with E-state index in [1.165, 1.54) is 16.9 Å². The van der Waals surface area contributed by atoms with Gasteiger partial charge in [0.1, 0.15) is 6.33 Å². The lowest BCUT2D eigenvalue weighted by molar-refractivity contribution is 0.0690. The van der Waals surface area contributed by atoms with Crippen LogP contribution in [0.15, 0.2) is 12.4 Å². The van der Waals surface area contributed by atoms with Gasteiger partial charge in [0.2, 0.25) is 5.95 Å². The summed E-state index contributed by atoms with van der Waals surface area (Å²) >= 11 is 0. The Bertz CT molecular complexity index is 477. The van der Waals surface area contributed by atoms with E-state index in [2.05, 4.69) is 15.1 Å². The van der Waals surface area contributed by atoms with E-state index in [1.807, 2.05) is 0 Å². The fourth-order valence-corrected chi connectivity index (χ4v) is 0.938. The lowest BCUT2D eigenvalue weighted by Crippen LogP contribution is -2.03. The summed E-state index contributed by atoms with van der Waals surface area (Å²) in [6.45, 7) is 0. The summed E-state index contributed by atoms with van der Waals surface area (Å²) in [4.78, 5) is 18.0. The lowest BCUT2D eigenvalue weighted by Gasteiger charge is -1.93. The van der Waals surface area contributed by atoms with E-state index in [9.17, 15) is 4.79 Å². The van der Waals surface area contributed by atoms with Crippen molar-refractivity contribution in [1.82, 2.24) is 19.6 Å². The second kappa shape index (κ2) is 2.41. The number of anilines is 1. The molecule has 0 radical (unpaired) electrons. The summed E-state index contributed by atoms with van der Waals surface area (Å²) in [7, 11) is 0. The zero-order chi connectivity index (χ0) is 9.42. The Morgan fingerprint density at radius 3 is 2.92 bits per heavy atom. The summed E-state index contributed by atoms with van der Waals surface area (Å²) in [6.07, 6.45) is 1.25. The molecule has 0 fully saturated rings. The number of nitrogens with two attached hydrogens (primary N) is 1. The Hall–Kier alpha value is -2.18. The highest BCUT2D eigenvalue weighted by atomic mass is 16.4. The van der Waals surface area contributed by atoms with Crippen molar-refractivity contribution in [2.24, 2.45) is 0 Å². The van der Waals surface area contributed by atoms with Crippen LogP contribution in [0.3, 0.4) is 0 Å². The van der Waals surface area contributed by atoms with Crippen LogP contribution in [0.5, 0.6) is 0 Å². The van der Waals surface area contributed by atoms with Gasteiger partial charge in [-0.15, -0.1) is 0 Å². The van der Waals surface area contributed by atoms with Crippen molar-refractivity contribution in [3.05, 3.63) is 18.1 Å². The van der Waals surface area contributed by atoms with E-state index in [-0.39, 0.29) is 11.6 Å². The van der Waals surface area contributed by atoms with Gasteiger partial charge in [0, 0.05) is 6.07 Å². The van der Waals surface area contributed by atoms with Gasteiger partial charge in [-0.1, -0.05) is 0 Å². The topological polar surface area (TPSA) is 106 Å². The molecule has 7 heteroatoms. The smallest absolute Gasteiger partial charge is 0.356 e. The molecule has 2 rings (SSSR count). The average molecular weight is 179 g/mol. The van der Waals surface area contributed by atoms with Crippen molar-refractivity contribution < 1.29 is 9.90 Å². The molecule has 0 saturated carbocycles. The largest absolute Gasteiger partial charge is 0.476 e. The number of nitrogens with zero attached hydrogens (tertiary/aromatic N) is 4. The van der Waals surface area contributed by atoms with Crippen LogP contribution in [0.4, 0.5) is 5.95 Å². The van der Waals surface area contributed by atoms with E-state index in [0.717, 1.165) is 0 Å². The van der Waals surface area contributed by atoms with E-state index < -0.39 is 5.97 Å². The first kappa shape index (κ1) is 7.47. The van der Waals surface area contributed by atoms with Crippen molar-refractivity contribution in [3.63, 3.8) is 0 Å². The van der Waals surface area contributed by atoms with Crippen molar-refractivity contribution in [1.29, 1.82) is 0 Å². The number of carboxylic acids is 1. The molecule has 0 amide bonds. The van der Waals surface area contributed by atoms with Gasteiger partial charge in [0.25, 0.3) is 0 Å². The van der Waals surface area contributed by atoms with E-state index in [0.29, 0.717) is 5.65 Å². The molecular formula is C6H5N5O2. The predicted octanol–water partition coefficient (Wildman–Crippen LogP) is -0.595. The summed E-state index contributed by atoms with van der Waals surface area (Å²) in [5, 5.41) is 12.3. The number of hydrogen-bond acceptors (Lipinski definition) is 5. The van der Waals surface area contributed by atoms with Crippen LogP contribution in [0.25, 0.3) is 5.65 Å². The molecular weight excluding hydrogens is 174 g/mol. The summed E-state index contributed by atoms with van der Waals surface area (Å²) in [5.41, 5.74) is 5.69. The summed E-state index contributed by atoms with van der Waals surface area (Å²) in [6, 6.07) is 1.32. The minimum Gasteiger partial charge on any atom is -0.476 e. The molecule has 7 nitrogen and oxygen atoms in total. The second-order valence-electron chi connectivity index (χ2n) is 2.34. The van der Waals surface area contributed by atoms with Crippen LogP contribution in [0.1, 0.15) is 10.5 Å². The van der Waals surface area contributed by atoms with Crippen molar-refractivity contribution >= 4 is 17.6 Å². The molecule has 0 aliphatic heterocycles. The molecule has 0 aromatic carbocycles. The molecule has 0 saturated heterocycles. The second-order valence-corrected chi connectivity index (χ2v) is 2.34. The van der Waals surface area contributed by atoms with Crippen LogP contribution >= 0.6 is 0 Å². The number of aromatic carboxylic acids is 1. The Morgan fingerprint density at radius 2 is 2.31 bits per heavy atom. The predicted molar refractivity (Wildman–Crippen MR) is 42.2 cm³/mol. The third-order valence-electron chi connectivity index (χ3n) is 1.51. The van der Waals surface area contributed by atoms with Gasteiger partial charge in [0.15, 0.2) is 11.3 Å². The maximum atomic E-state index is 10.5. The Morgan fingerprint density at radius 1 is 1.54 bits per heavy atom. The van der Waals surface area contributed by atoms with Crippen molar-refractivity contribution in [2.45, 2.75) is 0 Å². The number of rotatable bonds is 1. The Balaban J connectivity index is 2.75. The highest BCUT2D eigenvalue weighted by Gasteiger charge is 2.10. The molecule has 0 unspecified atom stereocenters. The van der Waals surface area contributed by atoms with Crippen LogP contribution in [-0.4, -0.2) is 30.7 Å². The van der Waals surface area contributed by atoms with Crippen LogP contribution in [-0.2, 0) is 0 Å². The zero-order valence-electron chi connectivity index (χ0n) is 6.38. The van der Waals surface area contributed by atoms with Crippen LogP contribution in [0, 0.1) is 0 Å². The molecule has 3 N–H and O–H groups in total. The fourth-order valence-electron chi connectivity index (χ4n) is 0.938. The number of carbonyl (C=O) groups is 1. The molecule has 2 aromatic heterocycles. The van der Waals surface area contributed by atoms with E-state index in [4.69, 9.17) is 10.8 Å². The van der Waals surface area contributed by atoms with Gasteiger partial charge in [-0.05, 0) is 0 Å². The van der Waals surface area contributed by atoms with Crippen LogP contribution < -0.4 is 5.73 Å². The maximum absolute atomic E-state index is 10.5. The standard InChI is InChI=1S/C6H5N5O2/c7-6-9-2-8-4-1-3(5(12)13)10-11(4)6/h1-2H,(H,12,13)(H2,7,8,9). The number of carboxylic acid groups (broad SMARTS) is 1. The minimum atomic E-state index is -1.12. The molecule has 2 aromatic rings. The highest BCUT2D eigenvalue weighted by molar-refractivity contribution is 5.86. The van der Waals surface area contributed by atoms with Gasteiger partial charge in [0.05, 0.1) is 0 Å². The molecule has 0 atom stereocenters. The molecule has 0 aliphatic rings. The van der Waals surface area contributed by atoms with E-state index in [1.54, 1.807) is 0 Å². The number of fused-ring (bicyclic) bond motifs is 1. The minimum absolute atomic E-state index is 0.104. The first-order valence-electron chi connectivity index (χ1n) is 3.38. The van der Waals surface area contributed by atoms with Crippen LogP contribution in [0.2, 0.25) is 0 Å². The number of nitrogen functional groups attached to an aromatic ring is 1. The average Bonchev–Trinajstić information content (AvgIpc) is 2.49. The molecule has 13 heavy (non-hydrogen) atoms. The number of hydrogen-bond donors (Lipinski definition) is 2. The Kier molecular flexibility index (Phi) is 1.38. The highest BCUT2D eigenvalue weighted by Crippen LogP contribution is 2.05. The van der Waals surface area contributed by atoms with E-state index >= 15 is 0 Å². The quantitative estimate of drug-likeness (QED) is 0.605. The molecule has 66 valence electrons. The fraction of sp³-hybridized carbons (Fsp3) is 0. The first-order valence-corrected chi connectivity index (χ1v) is 3.38. The van der Waals surface area contributed by atoms with Gasteiger partial charge in [-0.2, -0.15) is 9.61 Å².